The molecule has 2 aromatic carbocycles. The van der Waals surface area contributed by atoms with Gasteiger partial charge in [0.2, 0.25) is 0 Å². The molecule has 162 valence electrons. The van der Waals surface area contributed by atoms with Crippen molar-refractivity contribution in [1.29, 1.82) is 0 Å². The van der Waals surface area contributed by atoms with Gasteiger partial charge in [0, 0.05) is 29.3 Å². The molecule has 0 fully saturated rings. The average Bonchev–Trinajstić information content (AvgIpc) is 3.47. The second-order valence-electron chi connectivity index (χ2n) is 7.69. The summed E-state index contributed by atoms with van der Waals surface area (Å²) >= 11 is 1.36. The third-order valence-corrected chi connectivity index (χ3v) is 6.27. The number of unbranched alkanes of at least 4 members (excludes halogenated alkanes) is 1. The van der Waals surface area contributed by atoms with Gasteiger partial charge in [-0.25, -0.2) is 9.67 Å². The Morgan fingerprint density at radius 2 is 2.06 bits per heavy atom. The van der Waals surface area contributed by atoms with Crippen molar-refractivity contribution in [2.24, 2.45) is 0 Å². The number of fused-ring (bicyclic) bond motifs is 2. The van der Waals surface area contributed by atoms with E-state index in [0.717, 1.165) is 36.3 Å². The second-order valence-corrected chi connectivity index (χ2v) is 8.55. The minimum absolute atomic E-state index is 0.178. The van der Waals surface area contributed by atoms with Gasteiger partial charge in [0.15, 0.2) is 10.8 Å². The highest BCUT2D eigenvalue weighted by atomic mass is 32.1. The number of rotatable bonds is 6. The molecule has 5 rings (SSSR count). The van der Waals surface area contributed by atoms with Crippen molar-refractivity contribution >= 4 is 33.1 Å². The number of carbonyl (C=O) groups is 1. The van der Waals surface area contributed by atoms with Gasteiger partial charge in [0.1, 0.15) is 5.75 Å². The zero-order valence-electron chi connectivity index (χ0n) is 17.6. The summed E-state index contributed by atoms with van der Waals surface area (Å²) in [5.41, 5.74) is 3.00. The Hall–Kier alpha value is -3.52. The molecule has 32 heavy (non-hydrogen) atoms. The lowest BCUT2D eigenvalue weighted by atomic mass is 10.1. The minimum atomic E-state index is -0.380. The van der Waals surface area contributed by atoms with Crippen molar-refractivity contribution in [3.63, 3.8) is 0 Å². The first-order valence-electron chi connectivity index (χ1n) is 10.7. The molecule has 1 aliphatic heterocycles. The van der Waals surface area contributed by atoms with Crippen LogP contribution in [-0.2, 0) is 13.0 Å². The number of thiazole rings is 1. The largest absolute Gasteiger partial charge is 0.493 e. The second kappa shape index (κ2) is 8.55. The maximum Gasteiger partial charge on any atom is 0.278 e. The van der Waals surface area contributed by atoms with E-state index in [2.05, 4.69) is 21.5 Å². The van der Waals surface area contributed by atoms with Crippen molar-refractivity contribution in [3.05, 3.63) is 69.5 Å². The maximum absolute atomic E-state index is 13.1. The monoisotopic (exact) mass is 446 g/mol. The Bertz CT molecular complexity index is 1380. The molecule has 0 atom stereocenters. The van der Waals surface area contributed by atoms with E-state index in [1.54, 1.807) is 24.3 Å². The van der Waals surface area contributed by atoms with Gasteiger partial charge in [-0.05, 0) is 36.2 Å². The Balaban J connectivity index is 1.44. The van der Waals surface area contributed by atoms with Crippen LogP contribution < -0.4 is 15.6 Å². The number of hydrogen-bond acceptors (Lipinski definition) is 6. The normalized spacial score (nSPS) is 12.5. The van der Waals surface area contributed by atoms with E-state index in [1.165, 1.54) is 21.6 Å². The lowest BCUT2D eigenvalue weighted by molar-refractivity contribution is 0.102. The lowest BCUT2D eigenvalue weighted by Crippen LogP contribution is -2.27. The average molecular weight is 447 g/mol. The van der Waals surface area contributed by atoms with Gasteiger partial charge < -0.3 is 4.74 Å². The van der Waals surface area contributed by atoms with E-state index < -0.39 is 0 Å². The van der Waals surface area contributed by atoms with Gasteiger partial charge in [-0.1, -0.05) is 31.5 Å². The quantitative estimate of drug-likeness (QED) is 0.471. The van der Waals surface area contributed by atoms with E-state index in [-0.39, 0.29) is 17.2 Å². The number of amides is 1. The summed E-state index contributed by atoms with van der Waals surface area (Å²) in [5.74, 6) is 0.545. The Kier molecular flexibility index (Phi) is 5.45. The summed E-state index contributed by atoms with van der Waals surface area (Å²) in [6, 6.07) is 13.1. The number of nitrogens with one attached hydrogen (secondary N) is 1. The van der Waals surface area contributed by atoms with Crippen LogP contribution in [0.3, 0.4) is 0 Å². The fraction of sp³-hybridized carbons (Fsp3) is 0.250. The number of carbonyl (C=O) groups excluding carboxylic acids is 1. The summed E-state index contributed by atoms with van der Waals surface area (Å²) in [6.07, 6.45) is 2.64. The molecule has 4 aromatic rings. The van der Waals surface area contributed by atoms with E-state index >= 15 is 0 Å². The van der Waals surface area contributed by atoms with Gasteiger partial charge in [0.25, 0.3) is 11.5 Å². The number of aryl methyl sites for hydroxylation is 1. The highest BCUT2D eigenvalue weighted by Crippen LogP contribution is 2.32. The van der Waals surface area contributed by atoms with Gasteiger partial charge in [-0.2, -0.15) is 5.10 Å². The third-order valence-electron chi connectivity index (χ3n) is 5.52. The van der Waals surface area contributed by atoms with Crippen LogP contribution in [0.5, 0.6) is 5.75 Å². The van der Waals surface area contributed by atoms with Crippen LogP contribution in [0.2, 0.25) is 0 Å². The van der Waals surface area contributed by atoms with Crippen molar-refractivity contribution in [3.8, 4) is 17.0 Å². The number of ether oxygens (including phenoxy) is 1. The number of nitrogens with zero attached hydrogens (tertiary/aromatic N) is 3. The van der Waals surface area contributed by atoms with Crippen LogP contribution >= 0.6 is 11.3 Å². The molecule has 8 heteroatoms. The molecule has 0 radical (unpaired) electrons. The molecule has 0 bridgehead atoms. The van der Waals surface area contributed by atoms with Crippen LogP contribution in [0.1, 0.15) is 35.8 Å². The minimum Gasteiger partial charge on any atom is -0.493 e. The van der Waals surface area contributed by atoms with Crippen molar-refractivity contribution in [2.75, 3.05) is 11.9 Å². The van der Waals surface area contributed by atoms with E-state index in [4.69, 9.17) is 4.74 Å². The van der Waals surface area contributed by atoms with Crippen molar-refractivity contribution in [1.82, 2.24) is 14.8 Å². The Morgan fingerprint density at radius 3 is 2.91 bits per heavy atom. The number of anilines is 1. The molecular weight excluding hydrogens is 424 g/mol. The van der Waals surface area contributed by atoms with Gasteiger partial charge in [0.05, 0.1) is 17.7 Å². The zero-order chi connectivity index (χ0) is 22.1. The van der Waals surface area contributed by atoms with Crippen LogP contribution in [0.15, 0.2) is 52.6 Å². The molecule has 1 aliphatic rings. The van der Waals surface area contributed by atoms with Crippen LogP contribution in [0, 0.1) is 0 Å². The standard InChI is InChI=1S/C24H22N4O3S/c1-2-3-11-28-23(30)18-7-5-4-6-17(18)21(27-28)22(29)26-24-25-19(14-32-24)15-8-9-20-16(13-15)10-12-31-20/h4-9,13-14H,2-3,10-12H2,1H3,(H,25,26,29). The van der Waals surface area contributed by atoms with Crippen molar-refractivity contribution < 1.29 is 9.53 Å². The predicted molar refractivity (Wildman–Crippen MR) is 126 cm³/mol. The molecule has 0 spiro atoms. The van der Waals surface area contributed by atoms with Crippen LogP contribution in [0.4, 0.5) is 5.13 Å². The zero-order valence-corrected chi connectivity index (χ0v) is 18.4. The van der Waals surface area contributed by atoms with Crippen molar-refractivity contribution in [2.45, 2.75) is 32.7 Å². The van der Waals surface area contributed by atoms with E-state index in [9.17, 15) is 9.59 Å². The van der Waals surface area contributed by atoms with Gasteiger partial charge in [-0.15, -0.1) is 11.3 Å². The maximum atomic E-state index is 13.1. The molecule has 0 saturated carbocycles. The summed E-state index contributed by atoms with van der Waals surface area (Å²) in [7, 11) is 0. The topological polar surface area (TPSA) is 86.1 Å². The van der Waals surface area contributed by atoms with E-state index in [0.29, 0.717) is 29.1 Å². The summed E-state index contributed by atoms with van der Waals surface area (Å²) in [6.45, 7) is 3.23. The fourth-order valence-corrected chi connectivity index (χ4v) is 4.54. The SMILES string of the molecule is CCCCn1nc(C(=O)Nc2nc(-c3ccc4c(c3)CCO4)cs2)c2ccccc2c1=O. The molecule has 7 nitrogen and oxygen atoms in total. The number of aromatic nitrogens is 3. The molecule has 1 amide bonds. The Morgan fingerprint density at radius 1 is 1.22 bits per heavy atom. The first-order chi connectivity index (χ1) is 15.6. The van der Waals surface area contributed by atoms with Gasteiger partial charge >= 0.3 is 0 Å². The molecule has 0 unspecified atom stereocenters. The van der Waals surface area contributed by atoms with E-state index in [1.807, 2.05) is 24.4 Å². The lowest BCUT2D eigenvalue weighted by Gasteiger charge is -2.10. The third kappa shape index (κ3) is 3.78. The molecule has 1 N–H and O–H groups in total. The first-order valence-corrected chi connectivity index (χ1v) is 11.5. The molecule has 0 saturated heterocycles. The highest BCUT2D eigenvalue weighted by molar-refractivity contribution is 7.14. The number of hydrogen-bond donors (Lipinski definition) is 1. The van der Waals surface area contributed by atoms with Gasteiger partial charge in [-0.3, -0.25) is 14.9 Å². The fourth-order valence-electron chi connectivity index (χ4n) is 3.83. The first kappa shape index (κ1) is 20.4. The molecule has 2 aromatic heterocycles. The molecule has 3 heterocycles. The van der Waals surface area contributed by atoms with Crippen LogP contribution in [-0.4, -0.2) is 27.3 Å². The Labute approximate surface area is 188 Å². The number of benzene rings is 2. The smallest absolute Gasteiger partial charge is 0.278 e. The highest BCUT2D eigenvalue weighted by Gasteiger charge is 2.19. The summed E-state index contributed by atoms with van der Waals surface area (Å²) in [4.78, 5) is 30.5. The molecule has 0 aliphatic carbocycles. The predicted octanol–water partition coefficient (Wildman–Crippen LogP) is 4.51. The van der Waals surface area contributed by atoms with Crippen LogP contribution in [0.25, 0.3) is 22.0 Å². The molecular formula is C24H22N4O3S. The summed E-state index contributed by atoms with van der Waals surface area (Å²) < 4.78 is 6.96. The summed E-state index contributed by atoms with van der Waals surface area (Å²) in [5, 5.41) is 10.7.